The van der Waals surface area contributed by atoms with E-state index in [4.69, 9.17) is 9.47 Å². The predicted molar refractivity (Wildman–Crippen MR) is 81.8 cm³/mol. The Bertz CT molecular complexity index is 768. The molecule has 0 heterocycles. The van der Waals surface area contributed by atoms with Gasteiger partial charge in [0.05, 0.1) is 25.3 Å². The molecule has 0 aliphatic heterocycles. The van der Waals surface area contributed by atoms with Crippen LogP contribution in [-0.2, 0) is 15.9 Å². The summed E-state index contributed by atoms with van der Waals surface area (Å²) in [5.74, 6) is -1.02. The fraction of sp³-hybridized carbons (Fsp3) is 0.167. The van der Waals surface area contributed by atoms with Gasteiger partial charge in [0.25, 0.3) is 0 Å². The number of methoxy groups -OCH3 is 2. The molecule has 0 atom stereocenters. The first kappa shape index (κ1) is 15.0. The number of benzene rings is 2. The Morgan fingerprint density at radius 2 is 1.26 bits per heavy atom. The highest BCUT2D eigenvalue weighted by molar-refractivity contribution is 6.13. The third-order valence-electron chi connectivity index (χ3n) is 3.92. The number of ether oxygens (including phenoxy) is 2. The molecule has 116 valence electrons. The van der Waals surface area contributed by atoms with Crippen LogP contribution in [0.4, 0.5) is 0 Å². The van der Waals surface area contributed by atoms with Crippen molar-refractivity contribution >= 4 is 17.7 Å². The third-order valence-corrected chi connectivity index (χ3v) is 3.92. The number of ketones is 1. The van der Waals surface area contributed by atoms with Gasteiger partial charge in [0.1, 0.15) is 0 Å². The molecule has 2 aromatic carbocycles. The van der Waals surface area contributed by atoms with Gasteiger partial charge in [-0.3, -0.25) is 4.79 Å². The van der Waals surface area contributed by atoms with E-state index >= 15 is 0 Å². The highest BCUT2D eigenvalue weighted by Gasteiger charge is 2.25. The minimum absolute atomic E-state index is 0.117. The fourth-order valence-electron chi connectivity index (χ4n) is 2.76. The smallest absolute Gasteiger partial charge is 0.337 e. The Morgan fingerprint density at radius 1 is 0.826 bits per heavy atom. The van der Waals surface area contributed by atoms with E-state index in [0.717, 1.165) is 11.1 Å². The standard InChI is InChI=1S/C18H14O5/c1-22-17(20)10-3-5-14-12(7-10)9-13-8-11(18(21)23-2)4-6-15(13)16(14)19/h3-8H,9H2,1-2H3. The molecular weight excluding hydrogens is 296 g/mol. The summed E-state index contributed by atoms with van der Waals surface area (Å²) in [6, 6.07) is 9.76. The molecule has 0 aromatic heterocycles. The summed E-state index contributed by atoms with van der Waals surface area (Å²) in [4.78, 5) is 35.9. The normalized spacial score (nSPS) is 12.2. The highest BCUT2D eigenvalue weighted by Crippen LogP contribution is 2.29. The van der Waals surface area contributed by atoms with Gasteiger partial charge in [0.2, 0.25) is 0 Å². The van der Waals surface area contributed by atoms with Crippen LogP contribution in [0.3, 0.4) is 0 Å². The van der Waals surface area contributed by atoms with E-state index < -0.39 is 11.9 Å². The molecule has 0 saturated carbocycles. The van der Waals surface area contributed by atoms with Crippen molar-refractivity contribution in [1.82, 2.24) is 0 Å². The minimum atomic E-state index is -0.450. The van der Waals surface area contributed by atoms with Crippen molar-refractivity contribution in [1.29, 1.82) is 0 Å². The molecule has 5 heteroatoms. The van der Waals surface area contributed by atoms with Gasteiger partial charge in [-0.1, -0.05) is 0 Å². The summed E-state index contributed by atoms with van der Waals surface area (Å²) in [5, 5.41) is 0. The average molecular weight is 310 g/mol. The lowest BCUT2D eigenvalue weighted by Crippen LogP contribution is -2.17. The van der Waals surface area contributed by atoms with Crippen LogP contribution in [0.25, 0.3) is 0 Å². The topological polar surface area (TPSA) is 69.7 Å². The molecule has 5 nitrogen and oxygen atoms in total. The van der Waals surface area contributed by atoms with Crippen LogP contribution >= 0.6 is 0 Å². The molecule has 0 radical (unpaired) electrons. The molecule has 0 bridgehead atoms. The van der Waals surface area contributed by atoms with E-state index in [0.29, 0.717) is 28.7 Å². The van der Waals surface area contributed by atoms with Crippen LogP contribution in [-0.4, -0.2) is 31.9 Å². The number of carbonyl (C=O) groups is 3. The molecule has 0 spiro atoms. The van der Waals surface area contributed by atoms with E-state index in [9.17, 15) is 14.4 Å². The van der Waals surface area contributed by atoms with Gasteiger partial charge < -0.3 is 9.47 Å². The quantitative estimate of drug-likeness (QED) is 0.680. The third kappa shape index (κ3) is 2.50. The summed E-state index contributed by atoms with van der Waals surface area (Å²) in [5.41, 5.74) is 3.41. The molecule has 0 saturated heterocycles. The Balaban J connectivity index is 2.06. The van der Waals surface area contributed by atoms with E-state index in [-0.39, 0.29) is 5.78 Å². The van der Waals surface area contributed by atoms with E-state index in [2.05, 4.69) is 0 Å². The SMILES string of the molecule is COC(=O)c1ccc2c(c1)Cc1cc(C(=O)OC)ccc1C2=O. The Hall–Kier alpha value is -2.95. The first-order valence-corrected chi connectivity index (χ1v) is 7.02. The van der Waals surface area contributed by atoms with Crippen LogP contribution in [0.15, 0.2) is 36.4 Å². The van der Waals surface area contributed by atoms with Crippen molar-refractivity contribution in [3.63, 3.8) is 0 Å². The number of hydrogen-bond donors (Lipinski definition) is 0. The second-order valence-electron chi connectivity index (χ2n) is 5.23. The number of fused-ring (bicyclic) bond motifs is 2. The van der Waals surface area contributed by atoms with Gasteiger partial charge in [0.15, 0.2) is 5.78 Å². The molecule has 1 aliphatic rings. The van der Waals surface area contributed by atoms with Gasteiger partial charge in [-0.25, -0.2) is 9.59 Å². The van der Waals surface area contributed by atoms with Gasteiger partial charge >= 0.3 is 11.9 Å². The van der Waals surface area contributed by atoms with Crippen LogP contribution in [0.1, 0.15) is 47.8 Å². The summed E-state index contributed by atoms with van der Waals surface area (Å²) in [6.45, 7) is 0. The summed E-state index contributed by atoms with van der Waals surface area (Å²) in [6.07, 6.45) is 0.464. The zero-order chi connectivity index (χ0) is 16.6. The minimum Gasteiger partial charge on any atom is -0.465 e. The number of esters is 2. The second-order valence-corrected chi connectivity index (χ2v) is 5.23. The molecule has 0 unspecified atom stereocenters. The maximum atomic E-state index is 12.6. The van der Waals surface area contributed by atoms with Crippen LogP contribution in [0, 0.1) is 0 Å². The van der Waals surface area contributed by atoms with Gasteiger partial charge in [0, 0.05) is 11.1 Å². The van der Waals surface area contributed by atoms with Crippen LogP contribution < -0.4 is 0 Å². The van der Waals surface area contributed by atoms with Crippen molar-refractivity contribution in [2.45, 2.75) is 6.42 Å². The Kier molecular flexibility index (Phi) is 3.70. The zero-order valence-electron chi connectivity index (χ0n) is 12.7. The fourth-order valence-corrected chi connectivity index (χ4v) is 2.76. The van der Waals surface area contributed by atoms with Crippen LogP contribution in [0.5, 0.6) is 0 Å². The Morgan fingerprint density at radius 3 is 1.65 bits per heavy atom. The lowest BCUT2D eigenvalue weighted by atomic mass is 9.83. The van der Waals surface area contributed by atoms with Crippen molar-refractivity contribution in [3.05, 3.63) is 69.8 Å². The molecule has 23 heavy (non-hydrogen) atoms. The summed E-state index contributed by atoms with van der Waals surface area (Å²) in [7, 11) is 2.62. The first-order valence-electron chi connectivity index (χ1n) is 7.02. The van der Waals surface area contributed by atoms with Gasteiger partial charge in [-0.05, 0) is 53.9 Å². The molecule has 0 amide bonds. The van der Waals surface area contributed by atoms with E-state index in [1.807, 2.05) is 0 Å². The van der Waals surface area contributed by atoms with Crippen molar-refractivity contribution in [2.24, 2.45) is 0 Å². The largest absolute Gasteiger partial charge is 0.465 e. The molecular formula is C18H14O5. The number of hydrogen-bond acceptors (Lipinski definition) is 5. The molecule has 2 aromatic rings. The Labute approximate surface area is 132 Å². The molecule has 0 fully saturated rings. The first-order chi connectivity index (χ1) is 11.0. The lowest BCUT2D eigenvalue weighted by molar-refractivity contribution is 0.0592. The second kappa shape index (κ2) is 5.68. The van der Waals surface area contributed by atoms with Crippen molar-refractivity contribution in [3.8, 4) is 0 Å². The summed E-state index contributed by atoms with van der Waals surface area (Å²) >= 11 is 0. The maximum Gasteiger partial charge on any atom is 0.337 e. The maximum absolute atomic E-state index is 12.6. The van der Waals surface area contributed by atoms with Crippen LogP contribution in [0.2, 0.25) is 0 Å². The lowest BCUT2D eigenvalue weighted by Gasteiger charge is -2.19. The van der Waals surface area contributed by atoms with Gasteiger partial charge in [-0.15, -0.1) is 0 Å². The van der Waals surface area contributed by atoms with Gasteiger partial charge in [-0.2, -0.15) is 0 Å². The highest BCUT2D eigenvalue weighted by atomic mass is 16.5. The number of carbonyl (C=O) groups excluding carboxylic acids is 3. The van der Waals surface area contributed by atoms with Crippen molar-refractivity contribution in [2.75, 3.05) is 14.2 Å². The molecule has 1 aliphatic carbocycles. The molecule has 3 rings (SSSR count). The van der Waals surface area contributed by atoms with E-state index in [1.165, 1.54) is 14.2 Å². The number of rotatable bonds is 2. The van der Waals surface area contributed by atoms with E-state index in [1.54, 1.807) is 36.4 Å². The van der Waals surface area contributed by atoms with Crippen molar-refractivity contribution < 1.29 is 23.9 Å². The summed E-state index contributed by atoms with van der Waals surface area (Å²) < 4.78 is 9.41. The zero-order valence-corrected chi connectivity index (χ0v) is 12.7. The average Bonchev–Trinajstić information content (AvgIpc) is 2.59. The monoisotopic (exact) mass is 310 g/mol. The molecule has 0 N–H and O–H groups in total. The predicted octanol–water partition coefficient (Wildman–Crippen LogP) is 2.40.